The van der Waals surface area contributed by atoms with E-state index < -0.39 is 29.6 Å². The Kier molecular flexibility index (Phi) is 11.0. The van der Waals surface area contributed by atoms with E-state index >= 15 is 0 Å². The molecule has 2 aromatic carbocycles. The lowest BCUT2D eigenvalue weighted by Crippen LogP contribution is -2.49. The standard InChI is InChI=1S/C39H60O6/c1-23(44-25(3)40)39(24(2)45-26(4)41,21-27-17-29(35(5,6)7)33(42)30(18-27)36(8,9)10)22-28-19-31(37(11,12)13)34(43)32(20-28)38(14,15)16/h17-20,23-24,42-43H,21-22H2,1-16H3. The van der Waals surface area contributed by atoms with Crippen molar-refractivity contribution in [2.24, 2.45) is 5.41 Å². The fraction of sp³-hybridized carbons (Fsp3) is 0.641. The highest BCUT2D eigenvalue weighted by molar-refractivity contribution is 5.67. The zero-order chi connectivity index (χ0) is 35.1. The number of esters is 2. The van der Waals surface area contributed by atoms with E-state index in [9.17, 15) is 19.8 Å². The summed E-state index contributed by atoms with van der Waals surface area (Å²) in [6.45, 7) is 31.4. The van der Waals surface area contributed by atoms with E-state index in [1.54, 1.807) is 0 Å². The topological polar surface area (TPSA) is 93.1 Å². The van der Waals surface area contributed by atoms with E-state index in [0.29, 0.717) is 12.8 Å². The first-order valence-electron chi connectivity index (χ1n) is 16.2. The van der Waals surface area contributed by atoms with Crippen molar-refractivity contribution in [2.45, 2.75) is 157 Å². The summed E-state index contributed by atoms with van der Waals surface area (Å²) in [5.74, 6) is -0.271. The maximum atomic E-state index is 12.5. The largest absolute Gasteiger partial charge is 0.507 e. The minimum Gasteiger partial charge on any atom is -0.507 e. The molecule has 2 N–H and O–H groups in total. The molecule has 252 valence electrons. The highest BCUT2D eigenvalue weighted by atomic mass is 16.6. The van der Waals surface area contributed by atoms with Gasteiger partial charge in [0, 0.05) is 13.8 Å². The van der Waals surface area contributed by atoms with Crippen LogP contribution in [0.2, 0.25) is 0 Å². The van der Waals surface area contributed by atoms with Crippen LogP contribution in [0.4, 0.5) is 0 Å². The zero-order valence-corrected chi connectivity index (χ0v) is 30.9. The molecule has 0 aliphatic rings. The van der Waals surface area contributed by atoms with Crippen LogP contribution in [0.1, 0.15) is 144 Å². The van der Waals surface area contributed by atoms with E-state index in [1.807, 2.05) is 38.1 Å². The van der Waals surface area contributed by atoms with Crippen LogP contribution in [-0.2, 0) is 53.6 Å². The predicted molar refractivity (Wildman–Crippen MR) is 183 cm³/mol. The van der Waals surface area contributed by atoms with Gasteiger partial charge in [0.2, 0.25) is 0 Å². The molecule has 0 heterocycles. The normalized spacial score (nSPS) is 14.6. The van der Waals surface area contributed by atoms with Gasteiger partial charge in [-0.05, 0) is 81.7 Å². The third-order valence-electron chi connectivity index (χ3n) is 8.94. The summed E-state index contributed by atoms with van der Waals surface area (Å²) in [4.78, 5) is 25.0. The molecule has 2 aromatic rings. The molecular weight excluding hydrogens is 564 g/mol. The van der Waals surface area contributed by atoms with E-state index in [1.165, 1.54) is 13.8 Å². The predicted octanol–water partition coefficient (Wildman–Crippen LogP) is 8.96. The SMILES string of the molecule is CC(=O)OC(C)C(Cc1cc(C(C)(C)C)c(O)c(C(C)(C)C)c1)(Cc1cc(C(C)(C)C)c(O)c(C(C)(C)C)c1)C(C)OC(C)=O. The number of aromatic hydroxyl groups is 2. The molecule has 0 spiro atoms. The van der Waals surface area contributed by atoms with E-state index in [0.717, 1.165) is 33.4 Å². The Morgan fingerprint density at radius 2 is 0.778 bits per heavy atom. The highest BCUT2D eigenvalue weighted by Crippen LogP contribution is 2.46. The first kappa shape index (κ1) is 38.2. The van der Waals surface area contributed by atoms with Crippen molar-refractivity contribution in [1.29, 1.82) is 0 Å². The molecule has 0 saturated heterocycles. The Bertz CT molecular complexity index is 1210. The van der Waals surface area contributed by atoms with Crippen LogP contribution in [-0.4, -0.2) is 34.4 Å². The summed E-state index contributed by atoms with van der Waals surface area (Å²) in [7, 11) is 0. The molecule has 0 aromatic heterocycles. The lowest BCUT2D eigenvalue weighted by atomic mass is 9.67. The number of rotatable bonds is 8. The van der Waals surface area contributed by atoms with Crippen molar-refractivity contribution in [2.75, 3.05) is 0 Å². The van der Waals surface area contributed by atoms with E-state index in [-0.39, 0.29) is 33.2 Å². The van der Waals surface area contributed by atoms with Gasteiger partial charge in [-0.3, -0.25) is 9.59 Å². The fourth-order valence-electron chi connectivity index (χ4n) is 6.34. The average molecular weight is 625 g/mol. The molecule has 0 bridgehead atoms. The van der Waals surface area contributed by atoms with Gasteiger partial charge in [0.1, 0.15) is 23.7 Å². The summed E-state index contributed by atoms with van der Waals surface area (Å²) in [6, 6.07) is 8.16. The summed E-state index contributed by atoms with van der Waals surface area (Å²) in [6.07, 6.45) is -0.503. The number of carbonyl (C=O) groups excluding carboxylic acids is 2. The van der Waals surface area contributed by atoms with Gasteiger partial charge in [0.25, 0.3) is 0 Å². The van der Waals surface area contributed by atoms with Crippen molar-refractivity contribution in [1.82, 2.24) is 0 Å². The minimum absolute atomic E-state index is 0.286. The summed E-state index contributed by atoms with van der Waals surface area (Å²) >= 11 is 0. The first-order valence-corrected chi connectivity index (χ1v) is 16.2. The number of ether oxygens (including phenoxy) is 2. The lowest BCUT2D eigenvalue weighted by Gasteiger charge is -2.43. The van der Waals surface area contributed by atoms with E-state index in [4.69, 9.17) is 9.47 Å². The number of carbonyl (C=O) groups is 2. The lowest BCUT2D eigenvalue weighted by molar-refractivity contribution is -0.169. The van der Waals surface area contributed by atoms with Gasteiger partial charge in [-0.2, -0.15) is 0 Å². The van der Waals surface area contributed by atoms with Crippen LogP contribution >= 0.6 is 0 Å². The monoisotopic (exact) mass is 624 g/mol. The van der Waals surface area contributed by atoms with Crippen LogP contribution < -0.4 is 0 Å². The molecule has 2 rings (SSSR count). The Morgan fingerprint density at radius 1 is 0.556 bits per heavy atom. The zero-order valence-electron chi connectivity index (χ0n) is 30.9. The minimum atomic E-state index is -0.903. The molecule has 0 amide bonds. The summed E-state index contributed by atoms with van der Waals surface area (Å²) in [5.41, 5.74) is 2.94. The van der Waals surface area contributed by atoms with Crippen LogP contribution in [0.25, 0.3) is 0 Å². The molecule has 0 aliphatic carbocycles. The molecule has 0 aliphatic heterocycles. The molecule has 2 unspecified atom stereocenters. The summed E-state index contributed by atoms with van der Waals surface area (Å²) in [5, 5.41) is 22.9. The number of hydrogen-bond donors (Lipinski definition) is 2. The van der Waals surface area contributed by atoms with Gasteiger partial charge in [-0.1, -0.05) is 107 Å². The molecule has 0 fully saturated rings. The molecule has 6 heteroatoms. The molecule has 2 atom stereocenters. The van der Waals surface area contributed by atoms with Gasteiger partial charge in [-0.25, -0.2) is 0 Å². The van der Waals surface area contributed by atoms with Crippen molar-refractivity contribution < 1.29 is 29.3 Å². The molecule has 6 nitrogen and oxygen atoms in total. The molecule has 45 heavy (non-hydrogen) atoms. The smallest absolute Gasteiger partial charge is 0.302 e. The molecular formula is C39H60O6. The Labute approximate surface area is 272 Å². The van der Waals surface area contributed by atoms with Crippen molar-refractivity contribution >= 4 is 11.9 Å². The molecule has 0 radical (unpaired) electrons. The summed E-state index contributed by atoms with van der Waals surface area (Å²) < 4.78 is 11.9. The number of phenolic OH excluding ortho intramolecular Hbond substituents is 2. The first-order chi connectivity index (χ1) is 20.1. The van der Waals surface area contributed by atoms with Gasteiger partial charge < -0.3 is 19.7 Å². The van der Waals surface area contributed by atoms with Crippen molar-refractivity contribution in [3.8, 4) is 11.5 Å². The second-order valence-corrected chi connectivity index (χ2v) is 17.2. The maximum absolute atomic E-state index is 12.5. The van der Waals surface area contributed by atoms with Crippen LogP contribution in [0.5, 0.6) is 11.5 Å². The van der Waals surface area contributed by atoms with Crippen LogP contribution in [0, 0.1) is 5.41 Å². The Balaban J connectivity index is 3.05. The van der Waals surface area contributed by atoms with Crippen molar-refractivity contribution in [3.63, 3.8) is 0 Å². The second-order valence-electron chi connectivity index (χ2n) is 17.2. The maximum Gasteiger partial charge on any atom is 0.302 e. The fourth-order valence-corrected chi connectivity index (χ4v) is 6.34. The quantitative estimate of drug-likeness (QED) is 0.285. The average Bonchev–Trinajstić information content (AvgIpc) is 2.81. The van der Waals surface area contributed by atoms with Crippen LogP contribution in [0.3, 0.4) is 0 Å². The van der Waals surface area contributed by atoms with Crippen molar-refractivity contribution in [3.05, 3.63) is 57.6 Å². The highest BCUT2D eigenvalue weighted by Gasteiger charge is 2.46. The van der Waals surface area contributed by atoms with Gasteiger partial charge in [0.15, 0.2) is 0 Å². The number of phenols is 2. The number of benzene rings is 2. The van der Waals surface area contributed by atoms with Gasteiger partial charge in [-0.15, -0.1) is 0 Å². The molecule has 0 saturated carbocycles. The number of hydrogen-bond acceptors (Lipinski definition) is 6. The third-order valence-corrected chi connectivity index (χ3v) is 8.94. The second kappa shape index (κ2) is 13.0. The van der Waals surface area contributed by atoms with Gasteiger partial charge in [0.05, 0.1) is 5.41 Å². The van der Waals surface area contributed by atoms with Gasteiger partial charge >= 0.3 is 11.9 Å². The Hall–Kier alpha value is -3.02. The Morgan fingerprint density at radius 3 is 0.956 bits per heavy atom. The van der Waals surface area contributed by atoms with Crippen LogP contribution in [0.15, 0.2) is 24.3 Å². The van der Waals surface area contributed by atoms with E-state index in [2.05, 4.69) is 83.1 Å². The third kappa shape index (κ3) is 9.04.